The molecule has 0 spiro atoms. The molecular formula is C12H11N3OS. The van der Waals surface area contributed by atoms with Crippen molar-refractivity contribution < 1.29 is 4.74 Å². The number of nitrogens with one attached hydrogen (secondary N) is 1. The summed E-state index contributed by atoms with van der Waals surface area (Å²) in [6.45, 7) is 1.82. The summed E-state index contributed by atoms with van der Waals surface area (Å²) in [6.07, 6.45) is 0. The van der Waals surface area contributed by atoms with Gasteiger partial charge in [-0.3, -0.25) is 0 Å². The minimum absolute atomic E-state index is 0.584. The molecule has 86 valence electrons. The third-order valence-electron chi connectivity index (χ3n) is 2.33. The topological polar surface area (TPSA) is 57.9 Å². The Hall–Kier alpha value is -2.06. The van der Waals surface area contributed by atoms with Crippen molar-refractivity contribution in [1.82, 2.24) is 4.37 Å². The highest BCUT2D eigenvalue weighted by molar-refractivity contribution is 7.10. The van der Waals surface area contributed by atoms with Gasteiger partial charge in [-0.05, 0) is 30.6 Å². The molecule has 0 bridgehead atoms. The maximum atomic E-state index is 9.04. The van der Waals surface area contributed by atoms with Crippen LogP contribution in [-0.4, -0.2) is 11.5 Å². The smallest absolute Gasteiger partial charge is 0.142 e. The van der Waals surface area contributed by atoms with Gasteiger partial charge in [-0.1, -0.05) is 12.1 Å². The first-order valence-corrected chi connectivity index (χ1v) is 5.80. The average Bonchev–Trinajstić information content (AvgIpc) is 2.70. The first-order valence-electron chi connectivity index (χ1n) is 5.02. The van der Waals surface area contributed by atoms with E-state index in [0.717, 1.165) is 22.1 Å². The molecule has 1 heterocycles. The molecule has 2 rings (SSSR count). The van der Waals surface area contributed by atoms with E-state index in [1.54, 1.807) is 7.11 Å². The number of hydrogen-bond acceptors (Lipinski definition) is 5. The molecule has 0 saturated carbocycles. The van der Waals surface area contributed by atoms with Gasteiger partial charge in [-0.2, -0.15) is 9.64 Å². The second kappa shape index (κ2) is 4.85. The van der Waals surface area contributed by atoms with E-state index in [1.165, 1.54) is 11.5 Å². The van der Waals surface area contributed by atoms with Crippen molar-refractivity contribution in [2.75, 3.05) is 12.4 Å². The highest BCUT2D eigenvalue weighted by atomic mass is 32.1. The van der Waals surface area contributed by atoms with E-state index in [4.69, 9.17) is 10.00 Å². The summed E-state index contributed by atoms with van der Waals surface area (Å²) < 4.78 is 9.39. The summed E-state index contributed by atoms with van der Waals surface area (Å²) in [5.41, 5.74) is 2.16. The van der Waals surface area contributed by atoms with Crippen molar-refractivity contribution in [1.29, 1.82) is 5.26 Å². The van der Waals surface area contributed by atoms with Gasteiger partial charge in [0.15, 0.2) is 0 Å². The lowest BCUT2D eigenvalue weighted by molar-refractivity contribution is 0.417. The highest BCUT2D eigenvalue weighted by Crippen LogP contribution is 2.31. The van der Waals surface area contributed by atoms with Crippen LogP contribution in [0.2, 0.25) is 0 Å². The van der Waals surface area contributed by atoms with Crippen LogP contribution in [0.25, 0.3) is 0 Å². The van der Waals surface area contributed by atoms with Crippen LogP contribution >= 0.6 is 11.5 Å². The van der Waals surface area contributed by atoms with Crippen molar-refractivity contribution in [2.24, 2.45) is 0 Å². The normalized spacial score (nSPS) is 9.71. The van der Waals surface area contributed by atoms with Gasteiger partial charge in [0.25, 0.3) is 0 Å². The number of aromatic nitrogens is 1. The summed E-state index contributed by atoms with van der Waals surface area (Å²) in [5.74, 6) is 0.738. The van der Waals surface area contributed by atoms with E-state index in [0.29, 0.717) is 5.56 Å². The maximum Gasteiger partial charge on any atom is 0.142 e. The molecule has 2 aromatic rings. The summed E-state index contributed by atoms with van der Waals surface area (Å²) >= 11 is 1.28. The molecule has 17 heavy (non-hydrogen) atoms. The van der Waals surface area contributed by atoms with Gasteiger partial charge in [-0.25, -0.2) is 0 Å². The molecule has 0 amide bonds. The Morgan fingerprint density at radius 1 is 1.41 bits per heavy atom. The van der Waals surface area contributed by atoms with Crippen LogP contribution in [0.3, 0.4) is 0 Å². The van der Waals surface area contributed by atoms with Crippen LogP contribution in [0.1, 0.15) is 11.3 Å². The van der Waals surface area contributed by atoms with Gasteiger partial charge in [-0.15, -0.1) is 0 Å². The molecule has 5 heteroatoms. The summed E-state index contributed by atoms with van der Waals surface area (Å²) in [6, 6.07) is 9.71. The fraction of sp³-hybridized carbons (Fsp3) is 0.167. The van der Waals surface area contributed by atoms with Crippen molar-refractivity contribution in [3.63, 3.8) is 0 Å². The summed E-state index contributed by atoms with van der Waals surface area (Å²) in [4.78, 5) is 0. The zero-order chi connectivity index (χ0) is 12.3. The Balaban J connectivity index is 2.35. The molecule has 0 aliphatic heterocycles. The quantitative estimate of drug-likeness (QED) is 0.902. The van der Waals surface area contributed by atoms with Crippen LogP contribution in [0.15, 0.2) is 24.3 Å². The van der Waals surface area contributed by atoms with Gasteiger partial charge in [0.05, 0.1) is 18.5 Å². The van der Waals surface area contributed by atoms with E-state index < -0.39 is 0 Å². The molecule has 0 atom stereocenters. The van der Waals surface area contributed by atoms with Crippen LogP contribution in [-0.2, 0) is 0 Å². The predicted molar refractivity (Wildman–Crippen MR) is 67.8 cm³/mol. The fourth-order valence-corrected chi connectivity index (χ4v) is 2.22. The average molecular weight is 245 g/mol. The SMILES string of the molecule is COc1ccccc1Nc1snc(C)c1C#N. The first kappa shape index (κ1) is 11.4. The minimum atomic E-state index is 0.584. The Morgan fingerprint density at radius 3 is 2.88 bits per heavy atom. The first-order chi connectivity index (χ1) is 8.26. The number of anilines is 2. The Morgan fingerprint density at radius 2 is 2.18 bits per heavy atom. The van der Waals surface area contributed by atoms with Crippen molar-refractivity contribution >= 4 is 22.2 Å². The van der Waals surface area contributed by atoms with Crippen molar-refractivity contribution in [3.8, 4) is 11.8 Å². The number of nitriles is 1. The standard InChI is InChI=1S/C12H11N3OS/c1-8-9(7-13)12(17-15-8)14-10-5-3-4-6-11(10)16-2/h3-6,14H,1-2H3. The van der Waals surface area contributed by atoms with Gasteiger partial charge in [0.2, 0.25) is 0 Å². The van der Waals surface area contributed by atoms with Gasteiger partial charge in [0, 0.05) is 0 Å². The van der Waals surface area contributed by atoms with Crippen LogP contribution in [0, 0.1) is 18.3 Å². The number of aryl methyl sites for hydroxylation is 1. The third kappa shape index (κ3) is 2.22. The molecule has 1 N–H and O–H groups in total. The maximum absolute atomic E-state index is 9.04. The lowest BCUT2D eigenvalue weighted by Crippen LogP contribution is -1.94. The molecule has 0 aliphatic carbocycles. The number of rotatable bonds is 3. The minimum Gasteiger partial charge on any atom is -0.495 e. The molecule has 4 nitrogen and oxygen atoms in total. The van der Waals surface area contributed by atoms with E-state index in [9.17, 15) is 0 Å². The monoisotopic (exact) mass is 245 g/mol. The summed E-state index contributed by atoms with van der Waals surface area (Å²) in [7, 11) is 1.61. The number of hydrogen-bond donors (Lipinski definition) is 1. The van der Waals surface area contributed by atoms with E-state index in [2.05, 4.69) is 15.8 Å². The highest BCUT2D eigenvalue weighted by Gasteiger charge is 2.11. The lowest BCUT2D eigenvalue weighted by atomic mass is 10.2. The molecule has 0 unspecified atom stereocenters. The zero-order valence-electron chi connectivity index (χ0n) is 9.52. The lowest BCUT2D eigenvalue weighted by Gasteiger charge is -2.08. The number of ether oxygens (including phenoxy) is 1. The fourth-order valence-electron chi connectivity index (χ4n) is 1.46. The van der Waals surface area contributed by atoms with E-state index >= 15 is 0 Å². The van der Waals surface area contributed by atoms with Gasteiger partial charge >= 0.3 is 0 Å². The number of nitrogens with zero attached hydrogens (tertiary/aromatic N) is 2. The molecule has 1 aromatic carbocycles. The molecule has 0 radical (unpaired) electrons. The number of para-hydroxylation sites is 2. The summed E-state index contributed by atoms with van der Waals surface area (Å²) in [5, 5.41) is 13.0. The second-order valence-electron chi connectivity index (χ2n) is 3.41. The van der Waals surface area contributed by atoms with Crippen LogP contribution in [0.5, 0.6) is 5.75 Å². The Bertz CT molecular complexity index is 571. The molecule has 0 aliphatic rings. The van der Waals surface area contributed by atoms with Crippen LogP contribution in [0.4, 0.5) is 10.7 Å². The largest absolute Gasteiger partial charge is 0.495 e. The third-order valence-corrected chi connectivity index (χ3v) is 3.18. The van der Waals surface area contributed by atoms with E-state index in [1.807, 2.05) is 31.2 Å². The molecule has 0 saturated heterocycles. The predicted octanol–water partition coefficient (Wildman–Crippen LogP) is 3.08. The molecule has 1 aromatic heterocycles. The van der Waals surface area contributed by atoms with Crippen molar-refractivity contribution in [3.05, 3.63) is 35.5 Å². The Labute approximate surface area is 104 Å². The van der Waals surface area contributed by atoms with E-state index in [-0.39, 0.29) is 0 Å². The Kier molecular flexibility index (Phi) is 3.26. The zero-order valence-corrected chi connectivity index (χ0v) is 10.3. The van der Waals surface area contributed by atoms with Gasteiger partial charge in [0.1, 0.15) is 22.4 Å². The van der Waals surface area contributed by atoms with Crippen molar-refractivity contribution in [2.45, 2.75) is 6.92 Å². The number of methoxy groups -OCH3 is 1. The van der Waals surface area contributed by atoms with Gasteiger partial charge < -0.3 is 10.1 Å². The molecule has 0 fully saturated rings. The van der Waals surface area contributed by atoms with Crippen LogP contribution < -0.4 is 10.1 Å². The second-order valence-corrected chi connectivity index (χ2v) is 4.18. The number of benzene rings is 1. The molecular weight excluding hydrogens is 234 g/mol.